The number of carbonyl (C=O) groups excluding carboxylic acids is 2. The fraction of sp³-hybridized carbons (Fsp3) is 0.458. The van der Waals surface area contributed by atoms with Gasteiger partial charge in [-0.25, -0.2) is 0 Å². The van der Waals surface area contributed by atoms with E-state index in [0.29, 0.717) is 32.3 Å². The lowest BCUT2D eigenvalue weighted by molar-refractivity contribution is -0.156. The van der Waals surface area contributed by atoms with Crippen LogP contribution in [0.1, 0.15) is 56.4 Å². The molecule has 6 nitrogen and oxygen atoms in total. The average Bonchev–Trinajstić information content (AvgIpc) is 2.66. The SMILES string of the molecule is CCOC(=O)CCc1cc(Cc2cccnc2)cc(CC(N)C(=O)OC(C)(C)C)c1. The van der Waals surface area contributed by atoms with Gasteiger partial charge in [0.2, 0.25) is 0 Å². The third-order valence-corrected chi connectivity index (χ3v) is 4.33. The number of ether oxygens (including phenoxy) is 2. The number of benzene rings is 1. The van der Waals surface area contributed by atoms with Gasteiger partial charge in [-0.1, -0.05) is 24.3 Å². The van der Waals surface area contributed by atoms with Crippen molar-refractivity contribution < 1.29 is 19.1 Å². The molecule has 0 saturated heterocycles. The van der Waals surface area contributed by atoms with Gasteiger partial charge in [-0.2, -0.15) is 0 Å². The second kappa shape index (κ2) is 10.9. The molecule has 0 aliphatic carbocycles. The Kier molecular flexibility index (Phi) is 8.54. The molecule has 2 aromatic rings. The number of aromatic nitrogens is 1. The Labute approximate surface area is 178 Å². The van der Waals surface area contributed by atoms with Gasteiger partial charge in [0, 0.05) is 18.8 Å². The number of nitrogens with zero attached hydrogens (tertiary/aromatic N) is 1. The van der Waals surface area contributed by atoms with Crippen molar-refractivity contribution in [3.63, 3.8) is 0 Å². The predicted molar refractivity (Wildman–Crippen MR) is 116 cm³/mol. The second-order valence-corrected chi connectivity index (χ2v) is 8.34. The molecule has 1 atom stereocenters. The monoisotopic (exact) mass is 412 g/mol. The predicted octanol–water partition coefficient (Wildman–Crippen LogP) is 3.38. The first kappa shape index (κ1) is 23.5. The van der Waals surface area contributed by atoms with Gasteiger partial charge < -0.3 is 15.2 Å². The normalized spacial score (nSPS) is 12.3. The Bertz CT molecular complexity index is 844. The van der Waals surface area contributed by atoms with Crippen LogP contribution in [-0.4, -0.2) is 35.2 Å². The van der Waals surface area contributed by atoms with Gasteiger partial charge in [0.15, 0.2) is 0 Å². The van der Waals surface area contributed by atoms with Gasteiger partial charge in [-0.3, -0.25) is 14.6 Å². The molecule has 2 rings (SSSR count). The molecule has 0 bridgehead atoms. The van der Waals surface area contributed by atoms with Crippen LogP contribution in [0.2, 0.25) is 0 Å². The van der Waals surface area contributed by atoms with E-state index in [2.05, 4.69) is 11.1 Å². The third-order valence-electron chi connectivity index (χ3n) is 4.33. The van der Waals surface area contributed by atoms with E-state index in [-0.39, 0.29) is 5.97 Å². The smallest absolute Gasteiger partial charge is 0.323 e. The van der Waals surface area contributed by atoms with Gasteiger partial charge in [-0.15, -0.1) is 0 Å². The van der Waals surface area contributed by atoms with E-state index in [1.165, 1.54) is 0 Å². The Hall–Kier alpha value is -2.73. The van der Waals surface area contributed by atoms with Crippen LogP contribution in [-0.2, 0) is 38.3 Å². The van der Waals surface area contributed by atoms with Crippen molar-refractivity contribution >= 4 is 11.9 Å². The van der Waals surface area contributed by atoms with Crippen molar-refractivity contribution in [2.24, 2.45) is 5.73 Å². The number of hydrogen-bond acceptors (Lipinski definition) is 6. The van der Waals surface area contributed by atoms with E-state index in [4.69, 9.17) is 15.2 Å². The maximum atomic E-state index is 12.3. The summed E-state index contributed by atoms with van der Waals surface area (Å²) in [6.07, 6.45) is 5.51. The minimum atomic E-state index is -0.754. The molecule has 1 heterocycles. The second-order valence-electron chi connectivity index (χ2n) is 8.34. The molecule has 1 aromatic heterocycles. The Balaban J connectivity index is 2.19. The Morgan fingerprint density at radius 3 is 2.43 bits per heavy atom. The molecule has 0 radical (unpaired) electrons. The molecule has 0 aliphatic heterocycles. The maximum Gasteiger partial charge on any atom is 0.323 e. The molecule has 6 heteroatoms. The van der Waals surface area contributed by atoms with Gasteiger partial charge in [0.1, 0.15) is 11.6 Å². The molecule has 0 spiro atoms. The van der Waals surface area contributed by atoms with Crippen molar-refractivity contribution in [2.45, 2.75) is 65.0 Å². The zero-order valence-corrected chi connectivity index (χ0v) is 18.3. The quantitative estimate of drug-likeness (QED) is 0.635. The van der Waals surface area contributed by atoms with Gasteiger partial charge >= 0.3 is 11.9 Å². The summed E-state index contributed by atoms with van der Waals surface area (Å²) in [5, 5.41) is 0. The summed E-state index contributed by atoms with van der Waals surface area (Å²) < 4.78 is 10.4. The van der Waals surface area contributed by atoms with Crippen molar-refractivity contribution in [3.05, 3.63) is 65.0 Å². The van der Waals surface area contributed by atoms with Crippen molar-refractivity contribution in [1.29, 1.82) is 0 Å². The highest BCUT2D eigenvalue weighted by atomic mass is 16.6. The summed E-state index contributed by atoms with van der Waals surface area (Å²) in [5.41, 5.74) is 9.64. The molecule has 0 aliphatic rings. The number of hydrogen-bond donors (Lipinski definition) is 1. The molecule has 0 amide bonds. The maximum absolute atomic E-state index is 12.3. The topological polar surface area (TPSA) is 91.5 Å². The minimum absolute atomic E-state index is 0.220. The van der Waals surface area contributed by atoms with E-state index in [1.807, 2.05) is 51.2 Å². The highest BCUT2D eigenvalue weighted by molar-refractivity contribution is 5.76. The molecule has 1 aromatic carbocycles. The first-order chi connectivity index (χ1) is 14.2. The number of esters is 2. The number of aryl methyl sites for hydroxylation is 1. The number of nitrogens with two attached hydrogens (primary N) is 1. The summed E-state index contributed by atoms with van der Waals surface area (Å²) in [6, 6.07) is 9.29. The lowest BCUT2D eigenvalue weighted by Crippen LogP contribution is -2.38. The van der Waals surface area contributed by atoms with Crippen molar-refractivity contribution in [2.75, 3.05) is 6.61 Å². The average molecular weight is 413 g/mol. The minimum Gasteiger partial charge on any atom is -0.466 e. The number of rotatable bonds is 9. The van der Waals surface area contributed by atoms with Crippen LogP contribution in [0.4, 0.5) is 0 Å². The molecule has 1 unspecified atom stereocenters. The molecule has 162 valence electrons. The molecule has 2 N–H and O–H groups in total. The zero-order chi connectivity index (χ0) is 22.1. The van der Waals surface area contributed by atoms with Gasteiger partial charge in [0.25, 0.3) is 0 Å². The standard InChI is InChI=1S/C24H32N2O4/c1-5-29-22(27)9-8-17-11-19(13-18-7-6-10-26-16-18)14-20(12-17)15-21(25)23(28)30-24(2,3)4/h6-7,10-12,14,16,21H,5,8-9,13,15,25H2,1-4H3. The molecule has 30 heavy (non-hydrogen) atoms. The first-order valence-electron chi connectivity index (χ1n) is 10.3. The lowest BCUT2D eigenvalue weighted by atomic mass is 9.95. The van der Waals surface area contributed by atoms with Crippen LogP contribution >= 0.6 is 0 Å². The highest BCUT2D eigenvalue weighted by Crippen LogP contribution is 2.18. The van der Waals surface area contributed by atoms with E-state index in [9.17, 15) is 9.59 Å². The van der Waals surface area contributed by atoms with Crippen LogP contribution in [0.3, 0.4) is 0 Å². The van der Waals surface area contributed by atoms with E-state index in [1.54, 1.807) is 13.1 Å². The fourth-order valence-corrected chi connectivity index (χ4v) is 3.14. The van der Waals surface area contributed by atoms with E-state index < -0.39 is 17.6 Å². The summed E-state index contributed by atoms with van der Waals surface area (Å²) in [7, 11) is 0. The summed E-state index contributed by atoms with van der Waals surface area (Å²) in [6.45, 7) is 7.62. The van der Waals surface area contributed by atoms with Crippen LogP contribution in [0, 0.1) is 0 Å². The van der Waals surface area contributed by atoms with Gasteiger partial charge in [-0.05, 0) is 75.3 Å². The van der Waals surface area contributed by atoms with Crippen molar-refractivity contribution in [3.8, 4) is 0 Å². The summed E-state index contributed by atoms with van der Waals surface area (Å²) in [4.78, 5) is 28.2. The van der Waals surface area contributed by atoms with Gasteiger partial charge in [0.05, 0.1) is 6.61 Å². The Morgan fingerprint density at radius 2 is 1.80 bits per heavy atom. The summed E-state index contributed by atoms with van der Waals surface area (Å²) >= 11 is 0. The van der Waals surface area contributed by atoms with Crippen molar-refractivity contribution in [1.82, 2.24) is 4.98 Å². The molecule has 0 fully saturated rings. The lowest BCUT2D eigenvalue weighted by Gasteiger charge is -2.22. The van der Waals surface area contributed by atoms with Crippen LogP contribution in [0.25, 0.3) is 0 Å². The number of pyridine rings is 1. The largest absolute Gasteiger partial charge is 0.466 e. The molecular weight excluding hydrogens is 380 g/mol. The van der Waals surface area contributed by atoms with Crippen LogP contribution in [0.5, 0.6) is 0 Å². The number of carbonyl (C=O) groups is 2. The van der Waals surface area contributed by atoms with E-state index in [0.717, 1.165) is 22.3 Å². The molecular formula is C24H32N2O4. The van der Waals surface area contributed by atoms with Crippen LogP contribution in [0.15, 0.2) is 42.7 Å². The third kappa shape index (κ3) is 8.33. The highest BCUT2D eigenvalue weighted by Gasteiger charge is 2.22. The summed E-state index contributed by atoms with van der Waals surface area (Å²) in [5.74, 6) is -0.643. The van der Waals surface area contributed by atoms with Crippen LogP contribution < -0.4 is 5.73 Å². The molecule has 0 saturated carbocycles. The zero-order valence-electron chi connectivity index (χ0n) is 18.3. The Morgan fingerprint density at radius 1 is 1.10 bits per heavy atom. The first-order valence-corrected chi connectivity index (χ1v) is 10.3. The van der Waals surface area contributed by atoms with E-state index >= 15 is 0 Å². The fourth-order valence-electron chi connectivity index (χ4n) is 3.14.